The number of nitrogens with zero attached hydrogens (tertiary/aromatic N) is 3. The summed E-state index contributed by atoms with van der Waals surface area (Å²) in [6, 6.07) is 13.8. The Morgan fingerprint density at radius 3 is 1.75 bits per heavy atom. The lowest BCUT2D eigenvalue weighted by atomic mass is 10.1. The number of sulfonamides is 2. The van der Waals surface area contributed by atoms with Crippen molar-refractivity contribution in [3.8, 4) is 0 Å². The zero-order chi connectivity index (χ0) is 22.8. The first-order valence-corrected chi connectivity index (χ1v) is 13.6. The van der Waals surface area contributed by atoms with Crippen LogP contribution < -0.4 is 0 Å². The first-order valence-electron chi connectivity index (χ1n) is 10.7. The molecule has 4 rings (SSSR count). The number of hydrogen-bond acceptors (Lipinski definition) is 6. The van der Waals surface area contributed by atoms with Crippen LogP contribution in [-0.4, -0.2) is 82.8 Å². The quantitative estimate of drug-likeness (QED) is 0.625. The van der Waals surface area contributed by atoms with Gasteiger partial charge in [-0.15, -0.1) is 0 Å². The topological polar surface area (TPSA) is 87.2 Å². The molecule has 2 aromatic rings. The average Bonchev–Trinajstić information content (AvgIpc) is 2.81. The van der Waals surface area contributed by atoms with Crippen LogP contribution in [0.1, 0.15) is 11.1 Å². The van der Waals surface area contributed by atoms with E-state index in [1.165, 1.54) is 44.0 Å². The monoisotopic (exact) mass is 479 g/mol. The second kappa shape index (κ2) is 9.58. The fourth-order valence-electron chi connectivity index (χ4n) is 4.03. The summed E-state index contributed by atoms with van der Waals surface area (Å²) in [6.45, 7) is 6.32. The first kappa shape index (κ1) is 23.3. The van der Waals surface area contributed by atoms with Gasteiger partial charge in [-0.3, -0.25) is 4.90 Å². The first-order chi connectivity index (χ1) is 15.3. The van der Waals surface area contributed by atoms with Gasteiger partial charge in [0.25, 0.3) is 0 Å². The van der Waals surface area contributed by atoms with Crippen LogP contribution in [0.5, 0.6) is 0 Å². The van der Waals surface area contributed by atoms with E-state index in [1.807, 2.05) is 12.1 Å². The van der Waals surface area contributed by atoms with Gasteiger partial charge in [0.2, 0.25) is 20.0 Å². The summed E-state index contributed by atoms with van der Waals surface area (Å²) in [5, 5.41) is 0. The standard InChI is InChI=1S/C22H29N3O5S2/c1-19-4-2-3-5-20(19)18-23-10-12-24(13-11-23)31(26,27)21-6-8-22(9-7-21)32(28,29)25-14-16-30-17-15-25/h2-9H,10-18H2,1H3. The molecule has 0 unspecified atom stereocenters. The molecule has 2 heterocycles. The van der Waals surface area contributed by atoms with E-state index in [1.54, 1.807) is 0 Å². The zero-order valence-corrected chi connectivity index (χ0v) is 19.8. The summed E-state index contributed by atoms with van der Waals surface area (Å²) < 4.78 is 59.8. The molecule has 8 nitrogen and oxygen atoms in total. The highest BCUT2D eigenvalue weighted by molar-refractivity contribution is 7.89. The number of ether oxygens (including phenoxy) is 1. The number of piperazine rings is 1. The molecule has 0 atom stereocenters. The Morgan fingerprint density at radius 1 is 0.719 bits per heavy atom. The van der Waals surface area contributed by atoms with Gasteiger partial charge in [-0.25, -0.2) is 16.8 Å². The van der Waals surface area contributed by atoms with Crippen molar-refractivity contribution in [3.63, 3.8) is 0 Å². The summed E-state index contributed by atoms with van der Waals surface area (Å²) >= 11 is 0. The van der Waals surface area contributed by atoms with Gasteiger partial charge in [0, 0.05) is 45.8 Å². The number of benzene rings is 2. The third-order valence-electron chi connectivity index (χ3n) is 6.06. The molecule has 0 aromatic heterocycles. The molecule has 2 aromatic carbocycles. The van der Waals surface area contributed by atoms with Gasteiger partial charge < -0.3 is 4.74 Å². The summed E-state index contributed by atoms with van der Waals surface area (Å²) in [5.41, 5.74) is 2.48. The van der Waals surface area contributed by atoms with E-state index in [2.05, 4.69) is 24.0 Å². The highest BCUT2D eigenvalue weighted by Gasteiger charge is 2.30. The Kier molecular flexibility index (Phi) is 6.99. The van der Waals surface area contributed by atoms with Gasteiger partial charge >= 0.3 is 0 Å². The fourth-order valence-corrected chi connectivity index (χ4v) is 6.86. The van der Waals surface area contributed by atoms with Crippen LogP contribution >= 0.6 is 0 Å². The molecule has 0 saturated carbocycles. The van der Waals surface area contributed by atoms with Gasteiger partial charge in [0.05, 0.1) is 23.0 Å². The van der Waals surface area contributed by atoms with Crippen LogP contribution in [0.4, 0.5) is 0 Å². The Hall–Kier alpha value is -1.82. The van der Waals surface area contributed by atoms with Crippen LogP contribution in [0.3, 0.4) is 0 Å². The molecule has 2 aliphatic heterocycles. The minimum Gasteiger partial charge on any atom is -0.379 e. The molecule has 0 N–H and O–H groups in total. The molecule has 0 amide bonds. The van der Waals surface area contributed by atoms with Crippen molar-refractivity contribution in [2.45, 2.75) is 23.3 Å². The summed E-state index contributed by atoms with van der Waals surface area (Å²) in [4.78, 5) is 2.47. The molecule has 0 spiro atoms. The molecule has 2 saturated heterocycles. The maximum atomic E-state index is 13.1. The molecule has 0 aliphatic carbocycles. The van der Waals surface area contributed by atoms with E-state index in [9.17, 15) is 16.8 Å². The molecule has 32 heavy (non-hydrogen) atoms. The van der Waals surface area contributed by atoms with E-state index < -0.39 is 20.0 Å². The van der Waals surface area contributed by atoms with Crippen LogP contribution in [-0.2, 0) is 31.3 Å². The highest BCUT2D eigenvalue weighted by atomic mass is 32.2. The van der Waals surface area contributed by atoms with E-state index in [0.29, 0.717) is 52.5 Å². The number of rotatable bonds is 6. The van der Waals surface area contributed by atoms with Crippen LogP contribution in [0.2, 0.25) is 0 Å². The maximum Gasteiger partial charge on any atom is 0.243 e. The molecular formula is C22H29N3O5S2. The van der Waals surface area contributed by atoms with E-state index in [4.69, 9.17) is 4.74 Å². The van der Waals surface area contributed by atoms with E-state index >= 15 is 0 Å². The second-order valence-corrected chi connectivity index (χ2v) is 12.0. The summed E-state index contributed by atoms with van der Waals surface area (Å²) in [7, 11) is -7.33. The van der Waals surface area contributed by atoms with Crippen LogP contribution in [0, 0.1) is 6.92 Å². The molecular weight excluding hydrogens is 450 g/mol. The Balaban J connectivity index is 1.41. The Bertz CT molecular complexity index is 1140. The molecule has 174 valence electrons. The second-order valence-electron chi connectivity index (χ2n) is 8.09. The molecule has 2 fully saturated rings. The van der Waals surface area contributed by atoms with Crippen molar-refractivity contribution < 1.29 is 21.6 Å². The smallest absolute Gasteiger partial charge is 0.243 e. The van der Waals surface area contributed by atoms with Gasteiger partial charge in [-0.1, -0.05) is 24.3 Å². The molecule has 0 bridgehead atoms. The number of hydrogen-bond donors (Lipinski definition) is 0. The largest absolute Gasteiger partial charge is 0.379 e. The third kappa shape index (κ3) is 4.90. The third-order valence-corrected chi connectivity index (χ3v) is 9.88. The fraction of sp³-hybridized carbons (Fsp3) is 0.455. The van der Waals surface area contributed by atoms with Crippen molar-refractivity contribution in [1.29, 1.82) is 0 Å². The van der Waals surface area contributed by atoms with Gasteiger partial charge in [-0.05, 0) is 42.3 Å². The lowest BCUT2D eigenvalue weighted by Crippen LogP contribution is -2.48. The zero-order valence-electron chi connectivity index (χ0n) is 18.2. The lowest BCUT2D eigenvalue weighted by molar-refractivity contribution is 0.0730. The average molecular weight is 480 g/mol. The number of morpholine rings is 1. The number of aryl methyl sites for hydroxylation is 1. The summed E-state index contributed by atoms with van der Waals surface area (Å²) in [6.07, 6.45) is 0. The SMILES string of the molecule is Cc1ccccc1CN1CCN(S(=O)(=O)c2ccc(S(=O)(=O)N3CCOCC3)cc2)CC1. The van der Waals surface area contributed by atoms with Crippen molar-refractivity contribution in [1.82, 2.24) is 13.5 Å². The van der Waals surface area contributed by atoms with Gasteiger partial charge in [0.15, 0.2) is 0 Å². The molecule has 0 radical (unpaired) electrons. The summed E-state index contributed by atoms with van der Waals surface area (Å²) in [5.74, 6) is 0. The van der Waals surface area contributed by atoms with E-state index in [0.717, 1.165) is 6.54 Å². The van der Waals surface area contributed by atoms with Crippen molar-refractivity contribution in [2.75, 3.05) is 52.5 Å². The van der Waals surface area contributed by atoms with Crippen molar-refractivity contribution in [2.24, 2.45) is 0 Å². The molecule has 10 heteroatoms. The Labute approximate surface area is 190 Å². The minimum atomic E-state index is -3.68. The van der Waals surface area contributed by atoms with E-state index in [-0.39, 0.29) is 9.79 Å². The normalized spacial score (nSPS) is 19.8. The maximum absolute atomic E-state index is 13.1. The van der Waals surface area contributed by atoms with Crippen molar-refractivity contribution >= 4 is 20.0 Å². The van der Waals surface area contributed by atoms with Crippen LogP contribution in [0.25, 0.3) is 0 Å². The lowest BCUT2D eigenvalue weighted by Gasteiger charge is -2.34. The molecule has 2 aliphatic rings. The predicted octanol–water partition coefficient (Wildman–Crippen LogP) is 1.52. The van der Waals surface area contributed by atoms with Gasteiger partial charge in [-0.2, -0.15) is 8.61 Å². The highest BCUT2D eigenvalue weighted by Crippen LogP contribution is 2.23. The van der Waals surface area contributed by atoms with Crippen molar-refractivity contribution in [3.05, 3.63) is 59.7 Å². The van der Waals surface area contributed by atoms with Gasteiger partial charge in [0.1, 0.15) is 0 Å². The van der Waals surface area contributed by atoms with Crippen LogP contribution in [0.15, 0.2) is 58.3 Å². The Morgan fingerprint density at radius 2 is 1.22 bits per heavy atom. The minimum absolute atomic E-state index is 0.0985. The predicted molar refractivity (Wildman–Crippen MR) is 121 cm³/mol.